The van der Waals surface area contributed by atoms with E-state index in [1.807, 2.05) is 0 Å². The Morgan fingerprint density at radius 3 is 1.45 bits per heavy atom. The molecule has 0 fully saturated rings. The van der Waals surface area contributed by atoms with E-state index >= 15 is 0 Å². The fourth-order valence-corrected chi connectivity index (χ4v) is 3.36. The van der Waals surface area contributed by atoms with Crippen LogP contribution in [0.25, 0.3) is 22.3 Å². The van der Waals surface area contributed by atoms with Crippen LogP contribution in [0.3, 0.4) is 0 Å². The van der Waals surface area contributed by atoms with Gasteiger partial charge in [0.05, 0.1) is 0 Å². The Bertz CT molecular complexity index is 988. The van der Waals surface area contributed by atoms with E-state index in [9.17, 15) is 0 Å². The molecule has 7 heteroatoms. The molecular formula is C26H32BiO4P2+2. The van der Waals surface area contributed by atoms with Gasteiger partial charge in [-0.1, -0.05) is 114 Å². The molecule has 0 aliphatic carbocycles. The summed E-state index contributed by atoms with van der Waals surface area (Å²) in [4.78, 5) is 14.0. The molecule has 0 spiro atoms. The zero-order chi connectivity index (χ0) is 24.4. The molecule has 3 rings (SSSR count). The Kier molecular flexibility index (Phi) is 14.2. The van der Waals surface area contributed by atoms with Crippen molar-refractivity contribution in [3.63, 3.8) is 0 Å². The maximum atomic E-state index is 8.46. The number of hydrogen-bond donors (Lipinski definition) is 2. The molecule has 173 valence electrons. The van der Waals surface area contributed by atoms with Crippen molar-refractivity contribution in [2.45, 2.75) is 52.4 Å². The summed E-state index contributed by atoms with van der Waals surface area (Å²) in [5, 5.41) is 0. The van der Waals surface area contributed by atoms with Crippen molar-refractivity contribution in [2.24, 2.45) is 0 Å². The summed E-state index contributed by atoms with van der Waals surface area (Å²) in [5.74, 6) is 0. The first kappa shape index (κ1) is 31.7. The minimum atomic E-state index is -0.833. The van der Waals surface area contributed by atoms with Gasteiger partial charge in [0.25, 0.3) is 0 Å². The first-order chi connectivity index (χ1) is 15.0. The second-order valence-electron chi connectivity index (χ2n) is 9.37. The van der Waals surface area contributed by atoms with Crippen LogP contribution in [-0.2, 0) is 20.0 Å². The molecule has 0 aliphatic rings. The molecule has 0 amide bonds. The Hall–Kier alpha value is -1.34. The van der Waals surface area contributed by atoms with Crippen LogP contribution < -0.4 is 0 Å². The standard InChI is InChI=1S/C26H30.Bi.2HO2P/c1-25(2,3)22-16-17-23(24(18-22)26(4,5)6)21-14-12-20(13-15-21)19-10-8-7-9-11-19;;2*1-3-2/h7-18H,1-6H3;;2*(H,1,2)/q;+2;;. The normalized spacial score (nSPS) is 10.9. The van der Waals surface area contributed by atoms with Crippen LogP contribution in [-0.4, -0.2) is 36.0 Å². The van der Waals surface area contributed by atoms with E-state index in [2.05, 4.69) is 114 Å². The zero-order valence-electron chi connectivity index (χ0n) is 20.0. The first-order valence-electron chi connectivity index (χ1n) is 10.2. The van der Waals surface area contributed by atoms with Gasteiger partial charge in [-0.3, -0.25) is 0 Å². The van der Waals surface area contributed by atoms with E-state index in [-0.39, 0.29) is 37.0 Å². The van der Waals surface area contributed by atoms with Gasteiger partial charge in [-0.2, -0.15) is 0 Å². The molecule has 3 aromatic rings. The van der Waals surface area contributed by atoms with Gasteiger partial charge in [0.1, 0.15) is 0 Å². The number of benzene rings is 3. The Balaban J connectivity index is 0.00000132. The van der Waals surface area contributed by atoms with Gasteiger partial charge >= 0.3 is 43.6 Å². The predicted molar refractivity (Wildman–Crippen MR) is 140 cm³/mol. The second kappa shape index (κ2) is 14.8. The number of rotatable bonds is 2. The fourth-order valence-electron chi connectivity index (χ4n) is 3.36. The fraction of sp³-hybridized carbons (Fsp3) is 0.308. The average molecular weight is 679 g/mol. The van der Waals surface area contributed by atoms with E-state index in [0.29, 0.717) is 0 Å². The SMILES string of the molecule is CC(C)(C)c1ccc(-c2ccc(-c3ccccc3)cc2)c(C(C)(C)C)c1.O=PO.O=PO.[Bi+2]. The molecule has 0 atom stereocenters. The molecule has 4 nitrogen and oxygen atoms in total. The smallest absolute Gasteiger partial charge is 0.310 e. The summed E-state index contributed by atoms with van der Waals surface area (Å²) in [6.45, 7) is 13.7. The van der Waals surface area contributed by atoms with Gasteiger partial charge in [-0.05, 0) is 44.2 Å². The molecule has 2 N–H and O–H groups in total. The zero-order valence-corrected chi connectivity index (χ0v) is 25.2. The van der Waals surface area contributed by atoms with Crippen LogP contribution in [0, 0.1) is 0 Å². The maximum Gasteiger partial charge on any atom is 2.00 e. The van der Waals surface area contributed by atoms with Gasteiger partial charge in [-0.15, -0.1) is 0 Å². The molecule has 0 saturated carbocycles. The predicted octanol–water partition coefficient (Wildman–Crippen LogP) is 7.61. The molecule has 33 heavy (non-hydrogen) atoms. The second-order valence-corrected chi connectivity index (χ2v) is 9.69. The molecule has 3 aromatic carbocycles. The summed E-state index contributed by atoms with van der Waals surface area (Å²) < 4.78 is 16.9. The minimum Gasteiger partial charge on any atom is -0.310 e. The van der Waals surface area contributed by atoms with Gasteiger partial charge < -0.3 is 9.79 Å². The topological polar surface area (TPSA) is 74.6 Å². The Labute approximate surface area is 220 Å². The van der Waals surface area contributed by atoms with Crippen LogP contribution in [0.5, 0.6) is 0 Å². The summed E-state index contributed by atoms with van der Waals surface area (Å²) in [6.07, 6.45) is 0. The summed E-state index contributed by atoms with van der Waals surface area (Å²) >= 11 is 0. The van der Waals surface area contributed by atoms with Crippen molar-refractivity contribution in [2.75, 3.05) is 0 Å². The van der Waals surface area contributed by atoms with Crippen molar-refractivity contribution in [3.8, 4) is 22.3 Å². The maximum absolute atomic E-state index is 8.46. The van der Waals surface area contributed by atoms with E-state index in [1.165, 1.54) is 33.4 Å². The average Bonchev–Trinajstić information content (AvgIpc) is 2.74. The summed E-state index contributed by atoms with van der Waals surface area (Å²) in [6, 6.07) is 26.5. The van der Waals surface area contributed by atoms with Crippen LogP contribution in [0.1, 0.15) is 52.7 Å². The molecule has 0 aromatic heterocycles. The van der Waals surface area contributed by atoms with Crippen molar-refractivity contribution < 1.29 is 18.9 Å². The van der Waals surface area contributed by atoms with Crippen LogP contribution in [0.4, 0.5) is 0 Å². The van der Waals surface area contributed by atoms with Gasteiger partial charge in [0, 0.05) is 0 Å². The van der Waals surface area contributed by atoms with Crippen LogP contribution in [0.2, 0.25) is 0 Å². The van der Waals surface area contributed by atoms with E-state index in [1.54, 1.807) is 0 Å². The summed E-state index contributed by atoms with van der Waals surface area (Å²) in [5.41, 5.74) is 8.23. The third kappa shape index (κ3) is 10.2. The first-order valence-corrected chi connectivity index (χ1v) is 11.8. The molecular weight excluding hydrogens is 647 g/mol. The molecule has 0 aliphatic heterocycles. The van der Waals surface area contributed by atoms with Gasteiger partial charge in [0.15, 0.2) is 0 Å². The Morgan fingerprint density at radius 1 is 0.606 bits per heavy atom. The summed E-state index contributed by atoms with van der Waals surface area (Å²) in [7, 11) is -1.67. The van der Waals surface area contributed by atoms with Crippen LogP contribution >= 0.6 is 17.4 Å². The molecule has 0 heterocycles. The van der Waals surface area contributed by atoms with Gasteiger partial charge in [0.2, 0.25) is 0 Å². The third-order valence-corrected chi connectivity index (χ3v) is 5.00. The Morgan fingerprint density at radius 2 is 1.03 bits per heavy atom. The van der Waals surface area contributed by atoms with E-state index in [0.717, 1.165) is 0 Å². The van der Waals surface area contributed by atoms with E-state index in [4.69, 9.17) is 18.9 Å². The molecule has 0 saturated heterocycles. The minimum absolute atomic E-state index is 0. The van der Waals surface area contributed by atoms with Crippen molar-refractivity contribution in [1.29, 1.82) is 0 Å². The van der Waals surface area contributed by atoms with E-state index < -0.39 is 17.4 Å². The van der Waals surface area contributed by atoms with Crippen molar-refractivity contribution in [3.05, 3.63) is 83.9 Å². The van der Waals surface area contributed by atoms with Crippen molar-refractivity contribution in [1.82, 2.24) is 0 Å². The molecule has 0 bridgehead atoms. The third-order valence-electron chi connectivity index (χ3n) is 5.00. The van der Waals surface area contributed by atoms with Crippen molar-refractivity contribution >= 4 is 43.6 Å². The molecule has 0 unspecified atom stereocenters. The van der Waals surface area contributed by atoms with Crippen LogP contribution in [0.15, 0.2) is 72.8 Å². The van der Waals surface area contributed by atoms with Gasteiger partial charge in [-0.25, -0.2) is 9.13 Å². The largest absolute Gasteiger partial charge is 2.00 e. The quantitative estimate of drug-likeness (QED) is 0.216. The number of hydrogen-bond acceptors (Lipinski definition) is 2. The molecule has 3 radical (unpaired) electrons. The monoisotopic (exact) mass is 679 g/mol.